The molecule has 0 radical (unpaired) electrons. The summed E-state index contributed by atoms with van der Waals surface area (Å²) < 4.78 is 7.63. The van der Waals surface area contributed by atoms with Crippen LogP contribution in [0.2, 0.25) is 5.02 Å². The Morgan fingerprint density at radius 1 is 1.42 bits per heavy atom. The van der Waals surface area contributed by atoms with Crippen LogP contribution in [0.1, 0.15) is 5.69 Å². The second kappa shape index (κ2) is 7.05. The van der Waals surface area contributed by atoms with E-state index in [1.807, 2.05) is 35.1 Å². The Labute approximate surface area is 125 Å². The van der Waals surface area contributed by atoms with E-state index in [0.29, 0.717) is 18.2 Å². The number of benzene rings is 1. The summed E-state index contributed by atoms with van der Waals surface area (Å²) in [5.41, 5.74) is 1.90. The summed E-state index contributed by atoms with van der Waals surface area (Å²) in [6.07, 6.45) is 1.92. The van der Waals surface area contributed by atoms with Crippen LogP contribution in [0.15, 0.2) is 34.9 Å². The van der Waals surface area contributed by atoms with Crippen molar-refractivity contribution >= 4 is 27.5 Å². The lowest BCUT2D eigenvalue weighted by molar-refractivity contribution is 0.199. The van der Waals surface area contributed by atoms with E-state index in [1.165, 1.54) is 0 Å². The quantitative estimate of drug-likeness (QED) is 0.819. The molecule has 0 bridgehead atoms. The largest absolute Gasteiger partial charge is 0.383 e. The average molecular weight is 345 g/mol. The molecule has 2 aromatic rings. The SMILES string of the molecule is COCCNCc1ccn(-c2cccc(Cl)c2Br)n1. The van der Waals surface area contributed by atoms with Gasteiger partial charge in [0, 0.05) is 26.4 Å². The Morgan fingerprint density at radius 2 is 2.26 bits per heavy atom. The summed E-state index contributed by atoms with van der Waals surface area (Å²) in [6, 6.07) is 7.69. The number of halogens is 2. The topological polar surface area (TPSA) is 39.1 Å². The molecule has 19 heavy (non-hydrogen) atoms. The van der Waals surface area contributed by atoms with E-state index >= 15 is 0 Å². The van der Waals surface area contributed by atoms with Crippen molar-refractivity contribution in [2.45, 2.75) is 6.54 Å². The van der Waals surface area contributed by atoms with E-state index in [0.717, 1.165) is 22.4 Å². The third-order valence-electron chi connectivity index (χ3n) is 2.61. The molecule has 1 aromatic carbocycles. The molecule has 0 spiro atoms. The highest BCUT2D eigenvalue weighted by Crippen LogP contribution is 2.28. The first-order chi connectivity index (χ1) is 9.22. The Hall–Kier alpha value is -0.880. The second-order valence-corrected chi connectivity index (χ2v) is 5.19. The fraction of sp³-hybridized carbons (Fsp3) is 0.308. The maximum atomic E-state index is 6.07. The van der Waals surface area contributed by atoms with Gasteiger partial charge >= 0.3 is 0 Å². The molecule has 6 heteroatoms. The minimum absolute atomic E-state index is 0.674. The van der Waals surface area contributed by atoms with Crippen molar-refractivity contribution in [1.29, 1.82) is 0 Å². The highest BCUT2D eigenvalue weighted by atomic mass is 79.9. The van der Waals surface area contributed by atoms with E-state index in [2.05, 4.69) is 26.3 Å². The zero-order valence-corrected chi connectivity index (χ0v) is 12.9. The van der Waals surface area contributed by atoms with Gasteiger partial charge in [-0.3, -0.25) is 0 Å². The van der Waals surface area contributed by atoms with Gasteiger partial charge in [0.15, 0.2) is 0 Å². The predicted molar refractivity (Wildman–Crippen MR) is 79.9 cm³/mol. The van der Waals surface area contributed by atoms with Crippen molar-refractivity contribution in [3.8, 4) is 5.69 Å². The molecule has 1 aromatic heterocycles. The van der Waals surface area contributed by atoms with Crippen molar-refractivity contribution in [2.75, 3.05) is 20.3 Å². The molecule has 0 amide bonds. The molecular formula is C13H15BrClN3O. The number of nitrogens with one attached hydrogen (secondary N) is 1. The van der Waals surface area contributed by atoms with Crippen LogP contribution in [0.3, 0.4) is 0 Å². The van der Waals surface area contributed by atoms with Gasteiger partial charge in [-0.2, -0.15) is 5.10 Å². The van der Waals surface area contributed by atoms with Crippen molar-refractivity contribution in [1.82, 2.24) is 15.1 Å². The van der Waals surface area contributed by atoms with Crippen molar-refractivity contribution in [3.05, 3.63) is 45.7 Å². The number of methoxy groups -OCH3 is 1. The van der Waals surface area contributed by atoms with Gasteiger partial charge in [-0.15, -0.1) is 0 Å². The van der Waals surface area contributed by atoms with Crippen LogP contribution in [-0.2, 0) is 11.3 Å². The molecule has 0 saturated carbocycles. The second-order valence-electron chi connectivity index (χ2n) is 3.99. The van der Waals surface area contributed by atoms with Crippen LogP contribution >= 0.6 is 27.5 Å². The van der Waals surface area contributed by atoms with Gasteiger partial charge in [0.05, 0.1) is 27.5 Å². The molecule has 0 fully saturated rings. The molecule has 0 aliphatic carbocycles. The first-order valence-corrected chi connectivity index (χ1v) is 7.08. The third kappa shape index (κ3) is 3.79. The normalized spacial score (nSPS) is 10.9. The molecule has 102 valence electrons. The van der Waals surface area contributed by atoms with Gasteiger partial charge in [-0.25, -0.2) is 4.68 Å². The number of hydrogen-bond acceptors (Lipinski definition) is 3. The highest BCUT2D eigenvalue weighted by molar-refractivity contribution is 9.10. The zero-order valence-electron chi connectivity index (χ0n) is 10.6. The maximum absolute atomic E-state index is 6.07. The maximum Gasteiger partial charge on any atom is 0.0802 e. The van der Waals surface area contributed by atoms with Crippen LogP contribution in [0.5, 0.6) is 0 Å². The number of hydrogen-bond donors (Lipinski definition) is 1. The standard InChI is InChI=1S/C13H15BrClN3O/c1-19-8-6-16-9-10-5-7-18(17-10)12-4-2-3-11(15)13(12)14/h2-5,7,16H,6,8-9H2,1H3. The zero-order chi connectivity index (χ0) is 13.7. The molecule has 1 N–H and O–H groups in total. The Kier molecular flexibility index (Phi) is 5.39. The van der Waals surface area contributed by atoms with E-state index in [4.69, 9.17) is 16.3 Å². The number of aromatic nitrogens is 2. The van der Waals surface area contributed by atoms with E-state index in [-0.39, 0.29) is 0 Å². The van der Waals surface area contributed by atoms with Crippen molar-refractivity contribution in [3.63, 3.8) is 0 Å². The van der Waals surface area contributed by atoms with Gasteiger partial charge < -0.3 is 10.1 Å². The Balaban J connectivity index is 2.06. The van der Waals surface area contributed by atoms with E-state index in [1.54, 1.807) is 7.11 Å². The first kappa shape index (κ1) is 14.5. The molecule has 0 aliphatic heterocycles. The minimum Gasteiger partial charge on any atom is -0.383 e. The van der Waals surface area contributed by atoms with Crippen LogP contribution in [-0.4, -0.2) is 30.0 Å². The minimum atomic E-state index is 0.674. The Bertz CT molecular complexity index is 544. The summed E-state index contributed by atoms with van der Waals surface area (Å²) >= 11 is 9.55. The lowest BCUT2D eigenvalue weighted by Crippen LogP contribution is -2.18. The first-order valence-electron chi connectivity index (χ1n) is 5.91. The van der Waals surface area contributed by atoms with Crippen LogP contribution in [0, 0.1) is 0 Å². The highest BCUT2D eigenvalue weighted by Gasteiger charge is 2.07. The smallest absolute Gasteiger partial charge is 0.0802 e. The number of rotatable bonds is 6. The van der Waals surface area contributed by atoms with Crippen molar-refractivity contribution in [2.24, 2.45) is 0 Å². The molecule has 2 rings (SSSR count). The molecular weight excluding hydrogens is 330 g/mol. The molecule has 4 nitrogen and oxygen atoms in total. The van der Waals surface area contributed by atoms with Gasteiger partial charge in [0.25, 0.3) is 0 Å². The van der Waals surface area contributed by atoms with Crippen LogP contribution in [0.25, 0.3) is 5.69 Å². The van der Waals surface area contributed by atoms with Gasteiger partial charge in [-0.1, -0.05) is 17.7 Å². The van der Waals surface area contributed by atoms with Crippen molar-refractivity contribution < 1.29 is 4.74 Å². The van der Waals surface area contributed by atoms with E-state index < -0.39 is 0 Å². The summed E-state index contributed by atoms with van der Waals surface area (Å²) in [4.78, 5) is 0. The molecule has 0 unspecified atom stereocenters. The summed E-state index contributed by atoms with van der Waals surface area (Å²) in [6.45, 7) is 2.22. The van der Waals surface area contributed by atoms with Gasteiger partial charge in [-0.05, 0) is 34.1 Å². The number of ether oxygens (including phenoxy) is 1. The van der Waals surface area contributed by atoms with Crippen LogP contribution < -0.4 is 5.32 Å². The molecule has 0 saturated heterocycles. The predicted octanol–water partition coefficient (Wildman–Crippen LogP) is 3.02. The summed E-state index contributed by atoms with van der Waals surface area (Å²) in [7, 11) is 1.69. The molecule has 0 atom stereocenters. The fourth-order valence-electron chi connectivity index (χ4n) is 1.65. The van der Waals surface area contributed by atoms with E-state index in [9.17, 15) is 0 Å². The molecule has 1 heterocycles. The Morgan fingerprint density at radius 3 is 3.05 bits per heavy atom. The molecule has 0 aliphatic rings. The monoisotopic (exact) mass is 343 g/mol. The fourth-order valence-corrected chi connectivity index (χ4v) is 2.27. The average Bonchev–Trinajstić information content (AvgIpc) is 2.87. The summed E-state index contributed by atoms with van der Waals surface area (Å²) in [5.74, 6) is 0. The lowest BCUT2D eigenvalue weighted by Gasteiger charge is -2.06. The van der Waals surface area contributed by atoms with Crippen LogP contribution in [0.4, 0.5) is 0 Å². The van der Waals surface area contributed by atoms with Gasteiger partial charge in [0.2, 0.25) is 0 Å². The number of nitrogens with zero attached hydrogens (tertiary/aromatic N) is 2. The van der Waals surface area contributed by atoms with Gasteiger partial charge in [0.1, 0.15) is 0 Å². The third-order valence-corrected chi connectivity index (χ3v) is 3.99. The summed E-state index contributed by atoms with van der Waals surface area (Å²) in [5, 5.41) is 8.43. The lowest BCUT2D eigenvalue weighted by atomic mass is 10.3.